The van der Waals surface area contributed by atoms with Crippen molar-refractivity contribution in [2.24, 2.45) is 11.7 Å². The van der Waals surface area contributed by atoms with Gasteiger partial charge in [-0.25, -0.2) is 0 Å². The van der Waals surface area contributed by atoms with Crippen molar-refractivity contribution >= 4 is 5.69 Å². The number of rotatable bonds is 3. The third-order valence-corrected chi connectivity index (χ3v) is 4.05. The summed E-state index contributed by atoms with van der Waals surface area (Å²) in [6.45, 7) is 0.749. The van der Waals surface area contributed by atoms with Crippen LogP contribution in [0.15, 0.2) is 24.3 Å². The summed E-state index contributed by atoms with van der Waals surface area (Å²) < 4.78 is 5.43. The van der Waals surface area contributed by atoms with Gasteiger partial charge >= 0.3 is 0 Å². The molecular weight excluding hydrogens is 200 g/mol. The summed E-state index contributed by atoms with van der Waals surface area (Å²) in [6.07, 6.45) is 2.61. The average Bonchev–Trinajstić information content (AvgIpc) is 2.81. The summed E-state index contributed by atoms with van der Waals surface area (Å²) in [5.41, 5.74) is 7.10. The number of nitrogens with two attached hydrogens (primary N) is 1. The van der Waals surface area contributed by atoms with Gasteiger partial charge in [-0.3, -0.25) is 0 Å². The van der Waals surface area contributed by atoms with Crippen LogP contribution in [0, 0.1) is 5.92 Å². The molecule has 4 rings (SSSR count). The smallest absolute Gasteiger partial charge is 0.142 e. The van der Waals surface area contributed by atoms with E-state index < -0.39 is 0 Å². The molecule has 2 bridgehead atoms. The molecule has 2 heterocycles. The van der Waals surface area contributed by atoms with Crippen LogP contribution in [0.2, 0.25) is 0 Å². The van der Waals surface area contributed by atoms with Crippen molar-refractivity contribution in [1.82, 2.24) is 0 Å². The van der Waals surface area contributed by atoms with Crippen molar-refractivity contribution in [3.63, 3.8) is 0 Å². The first-order chi connectivity index (χ1) is 7.85. The molecule has 1 aliphatic carbocycles. The Labute approximate surface area is 96.2 Å². The summed E-state index contributed by atoms with van der Waals surface area (Å²) in [7, 11) is 1.73. The van der Waals surface area contributed by atoms with Crippen LogP contribution < -0.4 is 15.4 Å². The van der Waals surface area contributed by atoms with Gasteiger partial charge in [0.15, 0.2) is 0 Å². The molecule has 1 aromatic rings. The molecule has 1 unspecified atom stereocenters. The summed E-state index contributed by atoms with van der Waals surface area (Å²) in [5.74, 6) is 1.77. The predicted molar refractivity (Wildman–Crippen MR) is 64.8 cm³/mol. The van der Waals surface area contributed by atoms with Gasteiger partial charge in [-0.2, -0.15) is 0 Å². The zero-order chi connectivity index (χ0) is 11.1. The van der Waals surface area contributed by atoms with Crippen LogP contribution in [0.3, 0.4) is 0 Å². The fraction of sp³-hybridized carbons (Fsp3) is 0.538. The Hall–Kier alpha value is -1.22. The van der Waals surface area contributed by atoms with Gasteiger partial charge in [0.2, 0.25) is 0 Å². The van der Waals surface area contributed by atoms with Gasteiger partial charge in [-0.05, 0) is 30.9 Å². The molecule has 0 radical (unpaired) electrons. The minimum absolute atomic E-state index is 0.515. The normalized spacial score (nSPS) is 31.4. The van der Waals surface area contributed by atoms with E-state index in [-0.39, 0.29) is 0 Å². The van der Waals surface area contributed by atoms with Crippen LogP contribution in [0.5, 0.6) is 5.75 Å². The standard InChI is InChI=1S/C13H18N2O/c1-16-13-5-3-2-4-11(13)15-10-6-9(7-10)12(15)8-14/h2-5,9-10,12H,6-8,14H2,1H3. The molecule has 2 aliphatic heterocycles. The van der Waals surface area contributed by atoms with Crippen molar-refractivity contribution in [2.75, 3.05) is 18.6 Å². The highest BCUT2D eigenvalue weighted by Crippen LogP contribution is 2.49. The first-order valence-electron chi connectivity index (χ1n) is 5.96. The van der Waals surface area contributed by atoms with E-state index in [4.69, 9.17) is 10.5 Å². The zero-order valence-corrected chi connectivity index (χ0v) is 9.60. The maximum atomic E-state index is 5.89. The highest BCUT2D eigenvalue weighted by Gasteiger charge is 2.50. The Morgan fingerprint density at radius 1 is 1.38 bits per heavy atom. The van der Waals surface area contributed by atoms with E-state index in [1.165, 1.54) is 18.5 Å². The quantitative estimate of drug-likeness (QED) is 0.838. The van der Waals surface area contributed by atoms with Crippen LogP contribution in [0.4, 0.5) is 5.69 Å². The van der Waals surface area contributed by atoms with E-state index in [1.54, 1.807) is 7.11 Å². The van der Waals surface area contributed by atoms with Gasteiger partial charge in [0, 0.05) is 18.6 Å². The Morgan fingerprint density at radius 2 is 2.12 bits per heavy atom. The van der Waals surface area contributed by atoms with E-state index in [0.717, 1.165) is 18.2 Å². The third-order valence-electron chi connectivity index (χ3n) is 4.05. The second-order valence-corrected chi connectivity index (χ2v) is 4.77. The minimum Gasteiger partial charge on any atom is -0.495 e. The van der Waals surface area contributed by atoms with Gasteiger partial charge in [-0.15, -0.1) is 0 Å². The third kappa shape index (κ3) is 1.24. The number of hydrogen-bond donors (Lipinski definition) is 1. The van der Waals surface area contributed by atoms with Crippen molar-refractivity contribution in [3.05, 3.63) is 24.3 Å². The first kappa shape index (κ1) is 9.97. The summed E-state index contributed by atoms with van der Waals surface area (Å²) in [5, 5.41) is 0. The number of fused-ring (bicyclic) bond motifs is 1. The van der Waals surface area contributed by atoms with Crippen LogP contribution in [0.25, 0.3) is 0 Å². The number of hydrogen-bond acceptors (Lipinski definition) is 3. The van der Waals surface area contributed by atoms with E-state index >= 15 is 0 Å². The molecular formula is C13H18N2O. The molecule has 1 saturated carbocycles. The van der Waals surface area contributed by atoms with E-state index in [9.17, 15) is 0 Å². The highest BCUT2D eigenvalue weighted by molar-refractivity contribution is 5.62. The Bertz CT molecular complexity index is 387. The summed E-state index contributed by atoms with van der Waals surface area (Å²) in [6, 6.07) is 9.46. The van der Waals surface area contributed by atoms with Crippen LogP contribution >= 0.6 is 0 Å². The van der Waals surface area contributed by atoms with Crippen LogP contribution in [0.1, 0.15) is 12.8 Å². The van der Waals surface area contributed by atoms with Crippen LogP contribution in [-0.2, 0) is 0 Å². The number of benzene rings is 1. The number of para-hydroxylation sites is 2. The largest absolute Gasteiger partial charge is 0.495 e. The Kier molecular flexibility index (Phi) is 2.28. The molecule has 3 nitrogen and oxygen atoms in total. The Balaban J connectivity index is 1.97. The average molecular weight is 218 g/mol. The number of anilines is 1. The zero-order valence-electron chi connectivity index (χ0n) is 9.60. The van der Waals surface area contributed by atoms with Gasteiger partial charge in [0.25, 0.3) is 0 Å². The van der Waals surface area contributed by atoms with Crippen LogP contribution in [-0.4, -0.2) is 25.7 Å². The molecule has 2 N–H and O–H groups in total. The first-order valence-corrected chi connectivity index (χ1v) is 5.96. The topological polar surface area (TPSA) is 38.5 Å². The highest BCUT2D eigenvalue weighted by atomic mass is 16.5. The lowest BCUT2D eigenvalue weighted by Gasteiger charge is -2.29. The molecule has 2 saturated heterocycles. The van der Waals surface area contributed by atoms with Crippen molar-refractivity contribution in [1.29, 1.82) is 0 Å². The maximum Gasteiger partial charge on any atom is 0.142 e. The lowest BCUT2D eigenvalue weighted by Crippen LogP contribution is -2.36. The Morgan fingerprint density at radius 3 is 2.81 bits per heavy atom. The number of nitrogens with zero attached hydrogens (tertiary/aromatic N) is 1. The van der Waals surface area contributed by atoms with E-state index in [0.29, 0.717) is 12.1 Å². The fourth-order valence-corrected chi connectivity index (χ4v) is 3.19. The van der Waals surface area contributed by atoms with Crippen molar-refractivity contribution in [3.8, 4) is 5.75 Å². The molecule has 1 atom stereocenters. The number of ether oxygens (including phenoxy) is 1. The molecule has 1 aromatic carbocycles. The van der Waals surface area contributed by atoms with Crippen molar-refractivity contribution in [2.45, 2.75) is 24.9 Å². The molecule has 86 valence electrons. The van der Waals surface area contributed by atoms with Gasteiger partial charge in [-0.1, -0.05) is 12.1 Å². The van der Waals surface area contributed by atoms with E-state index in [2.05, 4.69) is 17.0 Å². The van der Waals surface area contributed by atoms with E-state index in [1.807, 2.05) is 12.1 Å². The maximum absolute atomic E-state index is 5.89. The SMILES string of the molecule is COc1ccccc1N1C2CC(C2)C1CN. The molecule has 3 fully saturated rings. The predicted octanol–water partition coefficient (Wildman–Crippen LogP) is 1.62. The second-order valence-electron chi connectivity index (χ2n) is 4.77. The molecule has 0 amide bonds. The van der Waals surface area contributed by atoms with Gasteiger partial charge in [0.05, 0.1) is 12.8 Å². The van der Waals surface area contributed by atoms with Crippen molar-refractivity contribution < 1.29 is 4.74 Å². The second kappa shape index (κ2) is 3.67. The lowest BCUT2D eigenvalue weighted by molar-refractivity contribution is 0.354. The molecule has 3 aliphatic rings. The molecule has 0 aromatic heterocycles. The summed E-state index contributed by atoms with van der Waals surface area (Å²) >= 11 is 0. The minimum atomic E-state index is 0.515. The fourth-order valence-electron chi connectivity index (χ4n) is 3.19. The van der Waals surface area contributed by atoms with Gasteiger partial charge < -0.3 is 15.4 Å². The van der Waals surface area contributed by atoms with Gasteiger partial charge in [0.1, 0.15) is 5.75 Å². The molecule has 3 heteroatoms. The number of methoxy groups -OCH3 is 1. The monoisotopic (exact) mass is 218 g/mol. The summed E-state index contributed by atoms with van der Waals surface area (Å²) in [4.78, 5) is 2.48. The molecule has 16 heavy (non-hydrogen) atoms. The molecule has 0 spiro atoms. The lowest BCUT2D eigenvalue weighted by atomic mass is 9.83.